The lowest BCUT2D eigenvalue weighted by molar-refractivity contribution is -0.115. The predicted molar refractivity (Wildman–Crippen MR) is 107 cm³/mol. The minimum absolute atomic E-state index is 0.0204. The van der Waals surface area contributed by atoms with E-state index in [-0.39, 0.29) is 18.3 Å². The van der Waals surface area contributed by atoms with Gasteiger partial charge in [-0.2, -0.15) is 0 Å². The number of benzene rings is 2. The first-order valence-electron chi connectivity index (χ1n) is 8.98. The van der Waals surface area contributed by atoms with Crippen LogP contribution >= 0.6 is 11.8 Å². The van der Waals surface area contributed by atoms with E-state index in [1.807, 2.05) is 13.0 Å². The zero-order valence-electron chi connectivity index (χ0n) is 15.7. The maximum Gasteiger partial charge on any atom is 0.338 e. The molecule has 0 unspecified atom stereocenters. The van der Waals surface area contributed by atoms with Crippen molar-refractivity contribution in [2.75, 3.05) is 17.7 Å². The molecule has 0 aromatic heterocycles. The number of anilines is 1. The molecule has 1 amide bonds. The van der Waals surface area contributed by atoms with Crippen molar-refractivity contribution >= 4 is 35.1 Å². The number of amides is 1. The van der Waals surface area contributed by atoms with E-state index in [4.69, 9.17) is 9.47 Å². The van der Waals surface area contributed by atoms with Crippen molar-refractivity contribution in [3.05, 3.63) is 53.1 Å². The number of thioether (sulfide) groups is 1. The lowest BCUT2D eigenvalue weighted by atomic mass is 10.1. The molecule has 1 aliphatic heterocycles. The third-order valence-corrected chi connectivity index (χ3v) is 5.28. The van der Waals surface area contributed by atoms with Crippen LogP contribution in [0.5, 0.6) is 5.75 Å². The topological polar surface area (TPSA) is 81.7 Å². The van der Waals surface area contributed by atoms with E-state index in [2.05, 4.69) is 5.32 Å². The zero-order chi connectivity index (χ0) is 20.1. The fraction of sp³-hybridized carbons (Fsp3) is 0.286. The second kappa shape index (κ2) is 8.93. The Morgan fingerprint density at radius 3 is 2.68 bits per heavy atom. The molecule has 7 heteroatoms. The molecule has 1 aliphatic rings. The fourth-order valence-corrected chi connectivity index (χ4v) is 3.72. The number of fused-ring (bicyclic) bond motifs is 1. The number of esters is 1. The highest BCUT2D eigenvalue weighted by Crippen LogP contribution is 2.32. The van der Waals surface area contributed by atoms with Crippen molar-refractivity contribution in [1.29, 1.82) is 0 Å². The van der Waals surface area contributed by atoms with E-state index >= 15 is 0 Å². The highest BCUT2D eigenvalue weighted by molar-refractivity contribution is 7.99. The summed E-state index contributed by atoms with van der Waals surface area (Å²) in [7, 11) is 0. The molecular formula is C21H21NO5S. The quantitative estimate of drug-likeness (QED) is 0.582. The molecule has 6 nitrogen and oxygen atoms in total. The number of rotatable bonds is 6. The smallest absolute Gasteiger partial charge is 0.338 e. The van der Waals surface area contributed by atoms with Crippen LogP contribution in [0.1, 0.15) is 46.5 Å². The Bertz CT molecular complexity index is 925. The van der Waals surface area contributed by atoms with Gasteiger partial charge in [-0.1, -0.05) is 0 Å². The molecule has 2 aromatic carbocycles. The summed E-state index contributed by atoms with van der Waals surface area (Å²) < 4.78 is 11.0. The van der Waals surface area contributed by atoms with Crippen LogP contribution in [-0.4, -0.2) is 30.0 Å². The van der Waals surface area contributed by atoms with Gasteiger partial charge in [-0.15, -0.1) is 11.8 Å². The number of hydrogen-bond acceptors (Lipinski definition) is 6. The normalized spacial score (nSPS) is 13.1. The van der Waals surface area contributed by atoms with Crippen LogP contribution in [0.4, 0.5) is 5.69 Å². The monoisotopic (exact) mass is 399 g/mol. The Hall–Kier alpha value is -2.80. The Labute approximate surface area is 167 Å². The summed E-state index contributed by atoms with van der Waals surface area (Å²) in [6.07, 6.45) is 0.436. The van der Waals surface area contributed by atoms with Gasteiger partial charge in [-0.3, -0.25) is 9.59 Å². The Morgan fingerprint density at radius 1 is 1.14 bits per heavy atom. The third kappa shape index (κ3) is 4.72. The zero-order valence-corrected chi connectivity index (χ0v) is 16.6. The van der Waals surface area contributed by atoms with Gasteiger partial charge >= 0.3 is 5.97 Å². The molecule has 0 bridgehead atoms. The summed E-state index contributed by atoms with van der Waals surface area (Å²) in [5, 5.41) is 2.81. The number of carbonyl (C=O) groups is 3. The Balaban J connectivity index is 1.76. The van der Waals surface area contributed by atoms with Crippen LogP contribution in [0.25, 0.3) is 0 Å². The van der Waals surface area contributed by atoms with Crippen molar-refractivity contribution in [2.24, 2.45) is 0 Å². The summed E-state index contributed by atoms with van der Waals surface area (Å²) in [6.45, 7) is 3.78. The summed E-state index contributed by atoms with van der Waals surface area (Å²) in [5.74, 6) is 0.622. The highest BCUT2D eigenvalue weighted by atomic mass is 32.2. The van der Waals surface area contributed by atoms with Crippen LogP contribution in [-0.2, 0) is 16.1 Å². The Kier molecular flexibility index (Phi) is 6.36. The van der Waals surface area contributed by atoms with Gasteiger partial charge in [0.05, 0.1) is 17.9 Å². The Morgan fingerprint density at radius 2 is 1.93 bits per heavy atom. The van der Waals surface area contributed by atoms with E-state index in [0.29, 0.717) is 46.9 Å². The number of carbonyl (C=O) groups excluding carboxylic acids is 3. The van der Waals surface area contributed by atoms with Gasteiger partial charge in [0.15, 0.2) is 5.78 Å². The summed E-state index contributed by atoms with van der Waals surface area (Å²) in [5.41, 5.74) is 2.12. The number of ether oxygens (including phenoxy) is 2. The van der Waals surface area contributed by atoms with Crippen LogP contribution in [0.15, 0.2) is 41.3 Å². The number of Topliss-reactive ketones (excluding diaryl/α,β-unsaturated/α-hetero) is 1. The first kappa shape index (κ1) is 19.9. The third-order valence-electron chi connectivity index (χ3n) is 4.20. The molecule has 0 atom stereocenters. The molecule has 2 aromatic rings. The average molecular weight is 399 g/mol. The van der Waals surface area contributed by atoms with Gasteiger partial charge in [0, 0.05) is 28.2 Å². The van der Waals surface area contributed by atoms with Crippen molar-refractivity contribution in [1.82, 2.24) is 0 Å². The molecule has 28 heavy (non-hydrogen) atoms. The summed E-state index contributed by atoms with van der Waals surface area (Å²) in [4.78, 5) is 36.8. The average Bonchev–Trinajstić information content (AvgIpc) is 2.86. The second-order valence-corrected chi connectivity index (χ2v) is 7.38. The fourth-order valence-electron chi connectivity index (χ4n) is 2.78. The van der Waals surface area contributed by atoms with Crippen LogP contribution in [0, 0.1) is 0 Å². The molecular weight excluding hydrogens is 378 g/mol. The largest absolute Gasteiger partial charge is 0.493 e. The molecule has 1 N–H and O–H groups in total. The second-order valence-electron chi connectivity index (χ2n) is 6.25. The lowest BCUT2D eigenvalue weighted by Gasteiger charge is -2.13. The van der Waals surface area contributed by atoms with Gasteiger partial charge in [0.25, 0.3) is 0 Å². The van der Waals surface area contributed by atoms with E-state index < -0.39 is 5.97 Å². The molecule has 0 aliphatic carbocycles. The highest BCUT2D eigenvalue weighted by Gasteiger charge is 2.17. The minimum atomic E-state index is -0.512. The van der Waals surface area contributed by atoms with Crippen molar-refractivity contribution in [3.8, 4) is 5.75 Å². The van der Waals surface area contributed by atoms with Crippen LogP contribution < -0.4 is 10.1 Å². The minimum Gasteiger partial charge on any atom is -0.493 e. The molecule has 0 spiro atoms. The maximum atomic E-state index is 12.5. The summed E-state index contributed by atoms with van der Waals surface area (Å²) >= 11 is 1.57. The molecule has 146 valence electrons. The first-order chi connectivity index (χ1) is 13.5. The number of hydrogen-bond donors (Lipinski definition) is 1. The van der Waals surface area contributed by atoms with Crippen LogP contribution in [0.3, 0.4) is 0 Å². The van der Waals surface area contributed by atoms with Gasteiger partial charge in [-0.25, -0.2) is 4.79 Å². The molecule has 1 heterocycles. The van der Waals surface area contributed by atoms with Crippen LogP contribution in [0.2, 0.25) is 0 Å². The van der Waals surface area contributed by atoms with E-state index in [0.717, 1.165) is 4.90 Å². The standard InChI is InChI=1S/C21H21NO5S/c1-3-26-18-6-4-14(13(2)23)10-16(18)12-27-21(25)15-5-7-19-17(11-15)22-20(24)8-9-28-19/h4-7,10-11H,3,8-9,12H2,1-2H3,(H,22,24). The maximum absolute atomic E-state index is 12.5. The molecule has 0 fully saturated rings. The van der Waals surface area contributed by atoms with E-state index in [9.17, 15) is 14.4 Å². The summed E-state index contributed by atoms with van der Waals surface area (Å²) in [6, 6.07) is 10.2. The van der Waals surface area contributed by atoms with Gasteiger partial charge in [-0.05, 0) is 50.2 Å². The predicted octanol–water partition coefficient (Wildman–Crippen LogP) is 4.08. The van der Waals surface area contributed by atoms with Crippen molar-refractivity contribution < 1.29 is 23.9 Å². The number of nitrogens with one attached hydrogen (secondary N) is 1. The molecule has 0 radical (unpaired) electrons. The SMILES string of the molecule is CCOc1ccc(C(C)=O)cc1COC(=O)c1ccc2c(c1)NC(=O)CCS2. The molecule has 0 saturated heterocycles. The van der Waals surface area contributed by atoms with Crippen molar-refractivity contribution in [3.63, 3.8) is 0 Å². The van der Waals surface area contributed by atoms with Gasteiger partial charge in [0.1, 0.15) is 12.4 Å². The molecule has 0 saturated carbocycles. The van der Waals surface area contributed by atoms with Gasteiger partial charge in [0.2, 0.25) is 5.91 Å². The van der Waals surface area contributed by atoms with Gasteiger partial charge < -0.3 is 14.8 Å². The van der Waals surface area contributed by atoms with E-state index in [1.54, 1.807) is 42.1 Å². The molecule has 3 rings (SSSR count). The first-order valence-corrected chi connectivity index (χ1v) is 9.97. The lowest BCUT2D eigenvalue weighted by Crippen LogP contribution is -2.11. The number of ketones is 1. The van der Waals surface area contributed by atoms with Crippen molar-refractivity contribution in [2.45, 2.75) is 31.8 Å². The van der Waals surface area contributed by atoms with E-state index in [1.165, 1.54) is 6.92 Å².